The Morgan fingerprint density at radius 1 is 0.900 bits per heavy atom. The van der Waals surface area contributed by atoms with E-state index in [-0.39, 0.29) is 28.8 Å². The predicted octanol–water partition coefficient (Wildman–Crippen LogP) is 5.40. The molecular formula is C24H23FO4S. The molecule has 0 radical (unpaired) electrons. The monoisotopic (exact) mass is 426 g/mol. The fourth-order valence-electron chi connectivity index (χ4n) is 3.14. The summed E-state index contributed by atoms with van der Waals surface area (Å²) in [4.78, 5) is 13.0. The molecule has 1 unspecified atom stereocenters. The number of Topliss-reactive ketones (excluding diaryl/α,β-unsaturated/α-hetero) is 1. The van der Waals surface area contributed by atoms with Crippen molar-refractivity contribution in [2.45, 2.75) is 36.5 Å². The number of carbonyl (C=O) groups excluding carboxylic acids is 1. The Labute approximate surface area is 176 Å². The highest BCUT2D eigenvalue weighted by molar-refractivity contribution is 7.91. The summed E-state index contributed by atoms with van der Waals surface area (Å²) in [5, 5.41) is -1.08. The van der Waals surface area contributed by atoms with Gasteiger partial charge >= 0.3 is 0 Å². The van der Waals surface area contributed by atoms with Crippen LogP contribution in [0.4, 0.5) is 4.39 Å². The fraction of sp³-hybridized carbons (Fsp3) is 0.208. The molecule has 0 saturated carbocycles. The zero-order valence-electron chi connectivity index (χ0n) is 16.8. The van der Waals surface area contributed by atoms with Gasteiger partial charge in [0, 0.05) is 12.0 Å². The minimum Gasteiger partial charge on any atom is -0.491 e. The first-order chi connectivity index (χ1) is 14.3. The second kappa shape index (κ2) is 9.22. The van der Waals surface area contributed by atoms with E-state index in [1.54, 1.807) is 42.5 Å². The molecule has 1 atom stereocenters. The lowest BCUT2D eigenvalue weighted by Gasteiger charge is -2.19. The molecule has 0 saturated heterocycles. The summed E-state index contributed by atoms with van der Waals surface area (Å²) in [6.07, 6.45) is -0.271. The molecule has 0 aliphatic carbocycles. The molecule has 3 aromatic carbocycles. The first-order valence-electron chi connectivity index (χ1n) is 9.61. The van der Waals surface area contributed by atoms with Gasteiger partial charge in [0.15, 0.2) is 15.6 Å². The molecule has 0 aromatic heterocycles. The molecule has 0 bridgehead atoms. The first-order valence-corrected chi connectivity index (χ1v) is 11.2. The molecule has 4 nitrogen and oxygen atoms in total. The van der Waals surface area contributed by atoms with Crippen LogP contribution < -0.4 is 4.74 Å². The molecule has 0 aliphatic rings. The molecule has 156 valence electrons. The van der Waals surface area contributed by atoms with Gasteiger partial charge in [0.2, 0.25) is 0 Å². The van der Waals surface area contributed by atoms with E-state index in [0.717, 1.165) is 0 Å². The van der Waals surface area contributed by atoms with E-state index in [0.29, 0.717) is 11.3 Å². The molecular weight excluding hydrogens is 403 g/mol. The molecule has 3 aromatic rings. The van der Waals surface area contributed by atoms with Crippen LogP contribution in [-0.2, 0) is 9.84 Å². The second-order valence-corrected chi connectivity index (χ2v) is 9.35. The number of ether oxygens (including phenoxy) is 1. The third-order valence-electron chi connectivity index (χ3n) is 4.61. The smallest absolute Gasteiger partial charge is 0.185 e. The second-order valence-electron chi connectivity index (χ2n) is 7.22. The van der Waals surface area contributed by atoms with Gasteiger partial charge in [-0.2, -0.15) is 0 Å². The summed E-state index contributed by atoms with van der Waals surface area (Å²) >= 11 is 0. The zero-order chi connectivity index (χ0) is 21.7. The summed E-state index contributed by atoms with van der Waals surface area (Å²) in [5.41, 5.74) is 0.759. The molecule has 0 heterocycles. The van der Waals surface area contributed by atoms with Crippen molar-refractivity contribution >= 4 is 15.6 Å². The van der Waals surface area contributed by atoms with E-state index in [1.807, 2.05) is 13.8 Å². The number of carbonyl (C=O) groups is 1. The van der Waals surface area contributed by atoms with Crippen LogP contribution in [0.25, 0.3) is 0 Å². The Bertz CT molecular complexity index is 1090. The van der Waals surface area contributed by atoms with Crippen LogP contribution in [0.2, 0.25) is 0 Å². The molecule has 0 N–H and O–H groups in total. The van der Waals surface area contributed by atoms with Gasteiger partial charge in [-0.3, -0.25) is 4.79 Å². The third-order valence-corrected chi connectivity index (χ3v) is 6.72. The van der Waals surface area contributed by atoms with Gasteiger partial charge in [-0.1, -0.05) is 30.3 Å². The number of rotatable bonds is 8. The van der Waals surface area contributed by atoms with Crippen LogP contribution in [0.1, 0.15) is 41.4 Å². The quantitative estimate of drug-likeness (QED) is 0.453. The van der Waals surface area contributed by atoms with E-state index >= 15 is 0 Å². The van der Waals surface area contributed by atoms with Crippen LogP contribution in [0.5, 0.6) is 5.75 Å². The van der Waals surface area contributed by atoms with Crippen molar-refractivity contribution in [2.24, 2.45) is 0 Å². The molecule has 6 heteroatoms. The largest absolute Gasteiger partial charge is 0.491 e. The predicted molar refractivity (Wildman–Crippen MR) is 114 cm³/mol. The Morgan fingerprint density at radius 2 is 1.50 bits per heavy atom. The summed E-state index contributed by atoms with van der Waals surface area (Å²) < 4.78 is 45.6. The van der Waals surface area contributed by atoms with Crippen molar-refractivity contribution in [1.82, 2.24) is 0 Å². The SMILES string of the molecule is CC(C)Oc1ccc(C(CC(=O)c2ccc(F)cc2)S(=O)(=O)c2ccccc2)cc1. The number of sulfone groups is 1. The van der Waals surface area contributed by atoms with E-state index in [4.69, 9.17) is 4.74 Å². The highest BCUT2D eigenvalue weighted by Crippen LogP contribution is 2.34. The highest BCUT2D eigenvalue weighted by atomic mass is 32.2. The average Bonchev–Trinajstić information content (AvgIpc) is 2.73. The van der Waals surface area contributed by atoms with E-state index in [2.05, 4.69) is 0 Å². The van der Waals surface area contributed by atoms with Crippen LogP contribution in [0.3, 0.4) is 0 Å². The number of hydrogen-bond donors (Lipinski definition) is 0. The Balaban J connectivity index is 1.98. The van der Waals surface area contributed by atoms with Crippen molar-refractivity contribution < 1.29 is 22.3 Å². The standard InChI is InChI=1S/C24H23FO4S/c1-17(2)29-21-14-10-19(11-15-21)24(30(27,28)22-6-4-3-5-7-22)16-23(26)18-8-12-20(25)13-9-18/h3-15,17,24H,16H2,1-2H3. The first kappa shape index (κ1) is 21.7. The summed E-state index contributed by atoms with van der Waals surface area (Å²) in [5.74, 6) is -0.211. The summed E-state index contributed by atoms with van der Waals surface area (Å²) in [7, 11) is -3.84. The molecule has 0 spiro atoms. The molecule has 0 aliphatic heterocycles. The maximum absolute atomic E-state index is 13.4. The number of benzene rings is 3. The lowest BCUT2D eigenvalue weighted by molar-refractivity contribution is 0.0980. The lowest BCUT2D eigenvalue weighted by Crippen LogP contribution is -2.18. The van der Waals surface area contributed by atoms with E-state index in [9.17, 15) is 17.6 Å². The van der Waals surface area contributed by atoms with Crippen LogP contribution in [-0.4, -0.2) is 20.3 Å². The van der Waals surface area contributed by atoms with Crippen LogP contribution >= 0.6 is 0 Å². The number of halogens is 1. The number of ketones is 1. The Hall–Kier alpha value is -2.99. The van der Waals surface area contributed by atoms with Crippen LogP contribution in [0, 0.1) is 5.82 Å². The van der Waals surface area contributed by atoms with E-state index in [1.165, 1.54) is 36.4 Å². The Morgan fingerprint density at radius 3 is 2.07 bits per heavy atom. The van der Waals surface area contributed by atoms with Gasteiger partial charge in [-0.05, 0) is 67.9 Å². The van der Waals surface area contributed by atoms with E-state index < -0.39 is 20.9 Å². The van der Waals surface area contributed by atoms with Crippen molar-refractivity contribution in [2.75, 3.05) is 0 Å². The van der Waals surface area contributed by atoms with Crippen molar-refractivity contribution in [3.63, 3.8) is 0 Å². The highest BCUT2D eigenvalue weighted by Gasteiger charge is 2.31. The average molecular weight is 427 g/mol. The van der Waals surface area contributed by atoms with Crippen molar-refractivity contribution in [3.05, 3.63) is 95.8 Å². The van der Waals surface area contributed by atoms with Gasteiger partial charge in [-0.25, -0.2) is 12.8 Å². The maximum atomic E-state index is 13.4. The van der Waals surface area contributed by atoms with Gasteiger partial charge in [-0.15, -0.1) is 0 Å². The molecule has 0 fully saturated rings. The third kappa shape index (κ3) is 5.13. The lowest BCUT2D eigenvalue weighted by atomic mass is 10.0. The maximum Gasteiger partial charge on any atom is 0.185 e. The number of hydrogen-bond acceptors (Lipinski definition) is 4. The molecule has 3 rings (SSSR count). The van der Waals surface area contributed by atoms with Crippen molar-refractivity contribution in [1.29, 1.82) is 0 Å². The van der Waals surface area contributed by atoms with Gasteiger partial charge in [0.05, 0.1) is 16.2 Å². The fourth-order valence-corrected chi connectivity index (χ4v) is 4.89. The minimum absolute atomic E-state index is 0.0141. The normalized spacial score (nSPS) is 12.5. The van der Waals surface area contributed by atoms with Crippen molar-refractivity contribution in [3.8, 4) is 5.75 Å². The topological polar surface area (TPSA) is 60.4 Å². The minimum atomic E-state index is -3.84. The van der Waals surface area contributed by atoms with Crippen LogP contribution in [0.15, 0.2) is 83.8 Å². The van der Waals surface area contributed by atoms with Gasteiger partial charge < -0.3 is 4.74 Å². The molecule has 0 amide bonds. The van der Waals surface area contributed by atoms with Gasteiger partial charge in [0.25, 0.3) is 0 Å². The molecule has 30 heavy (non-hydrogen) atoms. The van der Waals surface area contributed by atoms with Gasteiger partial charge in [0.1, 0.15) is 11.6 Å². The zero-order valence-corrected chi connectivity index (χ0v) is 17.6. The summed E-state index contributed by atoms with van der Waals surface area (Å²) in [6, 6.07) is 19.9. The Kier molecular flexibility index (Phi) is 6.67. The summed E-state index contributed by atoms with van der Waals surface area (Å²) in [6.45, 7) is 3.80.